The Labute approximate surface area is 161 Å². The number of aryl methyl sites for hydroxylation is 1. The number of aromatic nitrogens is 2. The highest BCUT2D eigenvalue weighted by Gasteiger charge is 2.43. The topological polar surface area (TPSA) is 76.1 Å². The first kappa shape index (κ1) is 18.7. The fraction of sp³-hybridized carbons (Fsp3) is 0.450. The lowest BCUT2D eigenvalue weighted by Gasteiger charge is -2.32. The summed E-state index contributed by atoms with van der Waals surface area (Å²) < 4.78 is 33.6. The number of piperidine rings is 1. The number of hydrogen-bond donors (Lipinski definition) is 2. The van der Waals surface area contributed by atoms with Gasteiger partial charge in [0.25, 0.3) is 5.92 Å². The number of halogens is 2. The van der Waals surface area contributed by atoms with Crippen LogP contribution < -0.4 is 15.4 Å². The lowest BCUT2D eigenvalue weighted by atomic mass is 10.0. The summed E-state index contributed by atoms with van der Waals surface area (Å²) in [6.45, 7) is 1.95. The molecule has 2 aliphatic rings. The molecule has 2 aromatic rings. The minimum absolute atomic E-state index is 0.0209. The van der Waals surface area contributed by atoms with Crippen molar-refractivity contribution in [2.24, 2.45) is 5.92 Å². The van der Waals surface area contributed by atoms with Crippen LogP contribution in [0.4, 0.5) is 14.6 Å². The van der Waals surface area contributed by atoms with Gasteiger partial charge in [-0.15, -0.1) is 0 Å². The summed E-state index contributed by atoms with van der Waals surface area (Å²) in [5.74, 6) is -1.94. The van der Waals surface area contributed by atoms with Gasteiger partial charge in [-0.25, -0.2) is 18.7 Å². The third-order valence-corrected chi connectivity index (χ3v) is 5.02. The number of benzene rings is 1. The number of nitrogens with zero attached hydrogens (tertiary/aromatic N) is 2. The van der Waals surface area contributed by atoms with E-state index in [0.717, 1.165) is 24.0 Å². The quantitative estimate of drug-likeness (QED) is 0.823. The van der Waals surface area contributed by atoms with Crippen LogP contribution in [0.25, 0.3) is 11.3 Å². The van der Waals surface area contributed by atoms with Crippen LogP contribution in [0, 0.1) is 12.8 Å². The predicted molar refractivity (Wildman–Crippen MR) is 100 cm³/mol. The van der Waals surface area contributed by atoms with Gasteiger partial charge >= 0.3 is 0 Å². The van der Waals surface area contributed by atoms with Crippen LogP contribution in [0.3, 0.4) is 0 Å². The second-order valence-corrected chi connectivity index (χ2v) is 7.37. The van der Waals surface area contributed by atoms with Crippen molar-refractivity contribution >= 4 is 11.7 Å². The maximum absolute atomic E-state index is 14.0. The summed E-state index contributed by atoms with van der Waals surface area (Å²) in [4.78, 5) is 20.3. The molecule has 1 aromatic carbocycles. The van der Waals surface area contributed by atoms with Gasteiger partial charge in [-0.2, -0.15) is 0 Å². The number of anilines is 1. The Morgan fingerprint density at radius 3 is 2.79 bits per heavy atom. The highest BCUT2D eigenvalue weighted by atomic mass is 19.3. The molecule has 28 heavy (non-hydrogen) atoms. The molecule has 2 N–H and O–H groups in total. The van der Waals surface area contributed by atoms with E-state index >= 15 is 0 Å². The van der Waals surface area contributed by atoms with Crippen LogP contribution in [-0.4, -0.2) is 41.0 Å². The van der Waals surface area contributed by atoms with E-state index < -0.39 is 12.0 Å². The summed E-state index contributed by atoms with van der Waals surface area (Å²) in [5.41, 5.74) is 2.18. The van der Waals surface area contributed by atoms with Gasteiger partial charge in [0.05, 0.1) is 12.2 Å². The molecule has 1 saturated carbocycles. The Morgan fingerprint density at radius 2 is 2.07 bits per heavy atom. The highest BCUT2D eigenvalue weighted by molar-refractivity contribution is 5.93. The molecule has 1 aliphatic heterocycles. The molecule has 0 spiro atoms. The maximum atomic E-state index is 14.0. The molecule has 2 fully saturated rings. The van der Waals surface area contributed by atoms with E-state index in [-0.39, 0.29) is 24.8 Å². The SMILES string of the molecule is Cc1cc(-c2cc(NC(=O)C3CC3)ncn2)ccc1O[C@H]1CCNCC1(F)F. The van der Waals surface area contributed by atoms with Crippen molar-refractivity contribution in [3.8, 4) is 17.0 Å². The third kappa shape index (κ3) is 4.11. The van der Waals surface area contributed by atoms with E-state index in [4.69, 9.17) is 4.74 Å². The van der Waals surface area contributed by atoms with E-state index in [9.17, 15) is 13.6 Å². The molecule has 1 aromatic heterocycles. The first-order chi connectivity index (χ1) is 13.4. The first-order valence-corrected chi connectivity index (χ1v) is 9.41. The van der Waals surface area contributed by atoms with Crippen LogP contribution in [0.1, 0.15) is 24.8 Å². The molecule has 1 saturated heterocycles. The first-order valence-electron chi connectivity index (χ1n) is 9.41. The molecule has 8 heteroatoms. The van der Waals surface area contributed by atoms with Crippen molar-refractivity contribution in [2.75, 3.05) is 18.4 Å². The molecule has 0 unspecified atom stereocenters. The van der Waals surface area contributed by atoms with Gasteiger partial charge in [0.15, 0.2) is 6.10 Å². The van der Waals surface area contributed by atoms with Crippen molar-refractivity contribution in [1.82, 2.24) is 15.3 Å². The smallest absolute Gasteiger partial charge is 0.296 e. The Hall–Kier alpha value is -2.61. The number of carbonyl (C=O) groups excluding carboxylic acids is 1. The molecule has 4 rings (SSSR count). The van der Waals surface area contributed by atoms with Gasteiger partial charge in [0.1, 0.15) is 17.9 Å². The highest BCUT2D eigenvalue weighted by Crippen LogP contribution is 2.32. The minimum Gasteiger partial charge on any atom is -0.484 e. The zero-order valence-corrected chi connectivity index (χ0v) is 15.5. The van der Waals surface area contributed by atoms with Gasteiger partial charge in [0.2, 0.25) is 5.91 Å². The zero-order chi connectivity index (χ0) is 19.7. The molecule has 1 amide bonds. The molecular formula is C20H22F2N4O2. The summed E-state index contributed by atoms with van der Waals surface area (Å²) in [6.07, 6.45) is 2.35. The Balaban J connectivity index is 1.50. The van der Waals surface area contributed by atoms with Gasteiger partial charge < -0.3 is 15.4 Å². The summed E-state index contributed by atoms with van der Waals surface area (Å²) in [7, 11) is 0. The molecular weight excluding hydrogens is 366 g/mol. The Bertz CT molecular complexity index is 886. The molecule has 2 heterocycles. The summed E-state index contributed by atoms with van der Waals surface area (Å²) >= 11 is 0. The van der Waals surface area contributed by atoms with Gasteiger partial charge in [0, 0.05) is 24.0 Å². The lowest BCUT2D eigenvalue weighted by Crippen LogP contribution is -2.52. The predicted octanol–water partition coefficient (Wildman–Crippen LogP) is 3.18. The van der Waals surface area contributed by atoms with Crippen molar-refractivity contribution in [1.29, 1.82) is 0 Å². The fourth-order valence-electron chi connectivity index (χ4n) is 3.21. The average Bonchev–Trinajstić information content (AvgIpc) is 3.50. The molecule has 6 nitrogen and oxygen atoms in total. The van der Waals surface area contributed by atoms with Crippen molar-refractivity contribution < 1.29 is 18.3 Å². The number of alkyl halides is 2. The minimum atomic E-state index is -2.90. The van der Waals surface area contributed by atoms with Crippen molar-refractivity contribution in [2.45, 2.75) is 38.2 Å². The average molecular weight is 388 g/mol. The second-order valence-electron chi connectivity index (χ2n) is 7.37. The summed E-state index contributed by atoms with van der Waals surface area (Å²) in [6, 6.07) is 7.00. The number of hydrogen-bond acceptors (Lipinski definition) is 5. The number of ether oxygens (including phenoxy) is 1. The van der Waals surface area contributed by atoms with E-state index in [1.165, 1.54) is 6.33 Å². The standard InChI is InChI=1S/C20H22F2N4O2/c1-12-8-14(4-5-16(12)28-17-6-7-23-10-20(17,21)22)15-9-18(25-11-24-15)26-19(27)13-2-3-13/h4-5,8-9,11,13,17,23H,2-3,6-7,10H2,1H3,(H,24,25,26,27)/t17-/m0/s1. The van der Waals surface area contributed by atoms with Crippen LogP contribution in [0.15, 0.2) is 30.6 Å². The third-order valence-electron chi connectivity index (χ3n) is 5.02. The monoisotopic (exact) mass is 388 g/mol. The molecule has 148 valence electrons. The molecule has 1 aliphatic carbocycles. The Kier molecular flexibility index (Phi) is 4.97. The summed E-state index contributed by atoms with van der Waals surface area (Å²) in [5, 5.41) is 5.49. The Morgan fingerprint density at radius 1 is 1.25 bits per heavy atom. The van der Waals surface area contributed by atoms with Crippen molar-refractivity contribution in [3.05, 3.63) is 36.2 Å². The zero-order valence-electron chi connectivity index (χ0n) is 15.5. The second kappa shape index (κ2) is 7.43. The lowest BCUT2D eigenvalue weighted by molar-refractivity contribution is -0.117. The van der Waals surface area contributed by atoms with E-state index in [1.807, 2.05) is 13.0 Å². The molecule has 0 radical (unpaired) electrons. The number of rotatable bonds is 5. The number of carbonyl (C=O) groups is 1. The van der Waals surface area contributed by atoms with E-state index in [0.29, 0.717) is 23.8 Å². The normalized spacial score (nSPS) is 21.2. The fourth-order valence-corrected chi connectivity index (χ4v) is 3.21. The van der Waals surface area contributed by atoms with Crippen LogP contribution in [0.2, 0.25) is 0 Å². The van der Waals surface area contributed by atoms with Crippen LogP contribution in [0.5, 0.6) is 5.75 Å². The maximum Gasteiger partial charge on any atom is 0.296 e. The van der Waals surface area contributed by atoms with Crippen LogP contribution in [-0.2, 0) is 4.79 Å². The van der Waals surface area contributed by atoms with Crippen LogP contribution >= 0.6 is 0 Å². The van der Waals surface area contributed by atoms with Gasteiger partial charge in [-0.05, 0) is 50.1 Å². The van der Waals surface area contributed by atoms with Gasteiger partial charge in [-0.3, -0.25) is 4.79 Å². The van der Waals surface area contributed by atoms with E-state index in [1.54, 1.807) is 18.2 Å². The van der Waals surface area contributed by atoms with Crippen molar-refractivity contribution in [3.63, 3.8) is 0 Å². The van der Waals surface area contributed by atoms with Gasteiger partial charge in [-0.1, -0.05) is 0 Å². The number of amides is 1. The van der Waals surface area contributed by atoms with E-state index in [2.05, 4.69) is 20.6 Å². The number of nitrogens with one attached hydrogen (secondary N) is 2. The molecule has 1 atom stereocenters. The molecule has 0 bridgehead atoms. The largest absolute Gasteiger partial charge is 0.484 e.